The third kappa shape index (κ3) is 9.47. The summed E-state index contributed by atoms with van der Waals surface area (Å²) in [5.41, 5.74) is -1.37. The van der Waals surface area contributed by atoms with E-state index in [1.54, 1.807) is 38.2 Å². The number of nitrogens with one attached hydrogen (secondary N) is 1. The first-order valence-corrected chi connectivity index (χ1v) is 21.7. The number of ether oxygens (including phenoxy) is 3. The summed E-state index contributed by atoms with van der Waals surface area (Å²) in [6, 6.07) is 6.06. The van der Waals surface area contributed by atoms with Gasteiger partial charge in [0.2, 0.25) is 27.7 Å². The highest BCUT2D eigenvalue weighted by Crippen LogP contribution is 2.58. The van der Waals surface area contributed by atoms with Gasteiger partial charge in [0, 0.05) is 24.4 Å². The molecule has 3 heterocycles. The molecular formula is C42H54F3N3O9S. The Morgan fingerprint density at radius 1 is 1.09 bits per heavy atom. The van der Waals surface area contributed by atoms with E-state index in [9.17, 15) is 40.8 Å². The fraction of sp³-hybridized carbons (Fsp3) is 0.643. The van der Waals surface area contributed by atoms with Crippen LogP contribution in [0, 0.1) is 29.1 Å². The van der Waals surface area contributed by atoms with Crippen LogP contribution in [-0.2, 0) is 33.9 Å². The van der Waals surface area contributed by atoms with E-state index >= 15 is 0 Å². The largest absolute Gasteiger partial charge is 0.491 e. The molecule has 1 saturated heterocycles. The highest BCUT2D eigenvalue weighted by molar-refractivity contribution is 7.91. The fourth-order valence-electron chi connectivity index (χ4n) is 8.30. The van der Waals surface area contributed by atoms with Gasteiger partial charge in [-0.15, -0.1) is 0 Å². The molecule has 12 nitrogen and oxygen atoms in total. The molecule has 2 aliphatic carbocycles. The summed E-state index contributed by atoms with van der Waals surface area (Å²) in [7, 11) is -4.03. The summed E-state index contributed by atoms with van der Waals surface area (Å²) in [5, 5.41) is 1.42. The number of nitrogens with zero attached hydrogens (tertiary/aromatic N) is 2. The van der Waals surface area contributed by atoms with Crippen molar-refractivity contribution in [2.75, 3.05) is 6.54 Å². The minimum absolute atomic E-state index is 0.0151. The van der Waals surface area contributed by atoms with Crippen molar-refractivity contribution in [3.05, 3.63) is 42.6 Å². The summed E-state index contributed by atoms with van der Waals surface area (Å²) in [4.78, 5) is 62.2. The monoisotopic (exact) mass is 833 g/mol. The molecule has 2 aromatic rings. The molecule has 6 rings (SSSR count). The number of aromatic nitrogens is 1. The highest BCUT2D eigenvalue weighted by atomic mass is 32.2. The Kier molecular flexibility index (Phi) is 12.3. The molecule has 0 unspecified atom stereocenters. The Morgan fingerprint density at radius 2 is 1.81 bits per heavy atom. The number of amides is 2. The van der Waals surface area contributed by atoms with E-state index in [0.29, 0.717) is 43.2 Å². The summed E-state index contributed by atoms with van der Waals surface area (Å²) in [6.45, 7) is 9.73. The van der Waals surface area contributed by atoms with Gasteiger partial charge >= 0.3 is 12.1 Å². The number of Topliss-reactive ketones (excluding diaryl/α,β-unsaturated/α-hetero) is 1. The highest BCUT2D eigenvalue weighted by Gasteiger charge is 2.63. The van der Waals surface area contributed by atoms with Crippen LogP contribution in [0.2, 0.25) is 0 Å². The van der Waals surface area contributed by atoms with Crippen molar-refractivity contribution < 1.29 is 55.0 Å². The molecule has 1 N–H and O–H groups in total. The number of pyridine rings is 1. The van der Waals surface area contributed by atoms with E-state index in [4.69, 9.17) is 14.2 Å². The van der Waals surface area contributed by atoms with Crippen LogP contribution in [0.1, 0.15) is 99.3 Å². The SMILES string of the molecule is CC(C)Oc1ccc2c(O[C@@H]3C[C@H]4C(=O)C[C@]5(C(=O)NS(=O)(=O)C6(C)CC6)C[C@H]5/C=C\CC[C@H](C)C[C@@H](C)[C@H](CC(=O)O[C@H](C)C(F)(F)F)C(=O)N4C3)nccc2c1. The molecule has 2 amide bonds. The van der Waals surface area contributed by atoms with Crippen LogP contribution in [-0.4, -0.2) is 83.7 Å². The summed E-state index contributed by atoms with van der Waals surface area (Å²) < 4.78 is 84.8. The minimum atomic E-state index is -4.80. The lowest BCUT2D eigenvalue weighted by molar-refractivity contribution is -0.216. The maximum Gasteiger partial charge on any atom is 0.425 e. The van der Waals surface area contributed by atoms with E-state index in [0.717, 1.165) is 12.3 Å². The van der Waals surface area contributed by atoms with Crippen molar-refractivity contribution in [2.24, 2.45) is 29.1 Å². The van der Waals surface area contributed by atoms with Crippen LogP contribution in [0.3, 0.4) is 0 Å². The van der Waals surface area contributed by atoms with Crippen LogP contribution in [0.4, 0.5) is 13.2 Å². The molecule has 0 radical (unpaired) electrons. The van der Waals surface area contributed by atoms with Gasteiger partial charge in [0.05, 0.1) is 41.2 Å². The lowest BCUT2D eigenvalue weighted by Crippen LogP contribution is -2.48. The molecule has 2 aliphatic heterocycles. The number of hydrogen-bond acceptors (Lipinski definition) is 10. The molecule has 318 valence electrons. The molecule has 1 aromatic heterocycles. The van der Waals surface area contributed by atoms with Gasteiger partial charge in [-0.3, -0.25) is 23.9 Å². The maximum absolute atomic E-state index is 14.8. The van der Waals surface area contributed by atoms with Crippen LogP contribution < -0.4 is 14.2 Å². The second kappa shape index (κ2) is 16.4. The average molecular weight is 834 g/mol. The Bertz CT molecular complexity index is 2050. The molecule has 1 aromatic carbocycles. The zero-order valence-electron chi connectivity index (χ0n) is 33.8. The molecule has 58 heavy (non-hydrogen) atoms. The number of rotatable bonds is 10. The number of ketones is 1. The topological polar surface area (TPSA) is 158 Å². The van der Waals surface area contributed by atoms with E-state index < -0.39 is 92.4 Å². The lowest BCUT2D eigenvalue weighted by Gasteiger charge is -2.32. The van der Waals surface area contributed by atoms with Gasteiger partial charge in [0.25, 0.3) is 0 Å². The van der Waals surface area contributed by atoms with Crippen LogP contribution in [0.25, 0.3) is 10.8 Å². The van der Waals surface area contributed by atoms with Crippen LogP contribution >= 0.6 is 0 Å². The normalized spacial score (nSPS) is 30.0. The second-order valence-corrected chi connectivity index (χ2v) is 19.6. The van der Waals surface area contributed by atoms with Crippen molar-refractivity contribution in [3.8, 4) is 11.6 Å². The number of carbonyl (C=O) groups excluding carboxylic acids is 4. The van der Waals surface area contributed by atoms with Crippen molar-refractivity contribution in [1.29, 1.82) is 0 Å². The Balaban J connectivity index is 1.34. The number of benzene rings is 1. The fourth-order valence-corrected chi connectivity index (χ4v) is 9.64. The van der Waals surface area contributed by atoms with Gasteiger partial charge < -0.3 is 19.1 Å². The lowest BCUT2D eigenvalue weighted by atomic mass is 9.82. The molecule has 3 fully saturated rings. The Morgan fingerprint density at radius 3 is 2.48 bits per heavy atom. The van der Waals surface area contributed by atoms with Crippen molar-refractivity contribution in [2.45, 2.75) is 135 Å². The molecule has 4 aliphatic rings. The van der Waals surface area contributed by atoms with Gasteiger partial charge in [-0.25, -0.2) is 13.4 Å². The van der Waals surface area contributed by atoms with Crippen molar-refractivity contribution in [1.82, 2.24) is 14.6 Å². The summed E-state index contributed by atoms with van der Waals surface area (Å²) >= 11 is 0. The molecular weight excluding hydrogens is 780 g/mol. The number of carbonyl (C=O) groups is 4. The maximum atomic E-state index is 14.8. The summed E-state index contributed by atoms with van der Waals surface area (Å²) in [5.74, 6) is -4.22. The van der Waals surface area contributed by atoms with E-state index in [1.165, 1.54) is 4.90 Å². The summed E-state index contributed by atoms with van der Waals surface area (Å²) in [6.07, 6.45) is -0.965. The van der Waals surface area contributed by atoms with E-state index in [-0.39, 0.29) is 43.7 Å². The van der Waals surface area contributed by atoms with E-state index in [1.807, 2.05) is 39.0 Å². The van der Waals surface area contributed by atoms with Gasteiger partial charge in [0.1, 0.15) is 11.9 Å². The molecule has 0 spiro atoms. The van der Waals surface area contributed by atoms with Gasteiger partial charge in [-0.1, -0.05) is 26.0 Å². The third-order valence-electron chi connectivity index (χ3n) is 12.3. The Labute approximate surface area is 337 Å². The zero-order valence-corrected chi connectivity index (χ0v) is 34.7. The molecule has 16 heteroatoms. The number of esters is 1. The van der Waals surface area contributed by atoms with Crippen molar-refractivity contribution in [3.63, 3.8) is 0 Å². The van der Waals surface area contributed by atoms with Gasteiger partial charge in [-0.05, 0) is 114 Å². The predicted octanol–water partition coefficient (Wildman–Crippen LogP) is 6.85. The van der Waals surface area contributed by atoms with E-state index in [2.05, 4.69) is 9.71 Å². The predicted molar refractivity (Wildman–Crippen MR) is 208 cm³/mol. The number of alkyl halides is 3. The number of sulfonamides is 1. The number of fused-ring (bicyclic) bond motifs is 3. The van der Waals surface area contributed by atoms with Crippen LogP contribution in [0.15, 0.2) is 42.6 Å². The number of halogens is 3. The standard InChI is InChI=1S/C42H54F3N3O9S/c1-24(2)55-30-11-12-32-28(18-30)13-16-46-37(32)57-31-19-34-35(49)22-41(39(52)47-58(53,54)40(6)14-15-40)21-29(41)10-8-7-9-25(3)17-26(4)33(38(51)48(34)23-31)20-36(50)56-27(5)42(43,44)45/h8,10-13,16,18,24-27,29,31,33-34H,7,9,14-15,17,19-23H2,1-6H3,(H,47,52)/b10-8-/t25-,26+,27+,29+,31+,33-,34-,41+/m0/s1. The first-order chi connectivity index (χ1) is 27.1. The van der Waals surface area contributed by atoms with Crippen LogP contribution in [0.5, 0.6) is 11.6 Å². The smallest absolute Gasteiger partial charge is 0.425 e. The third-order valence-corrected chi connectivity index (χ3v) is 14.5. The number of allylic oxidation sites excluding steroid dienone is 2. The number of hydrogen-bond donors (Lipinski definition) is 1. The quantitative estimate of drug-likeness (QED) is 0.198. The Hall–Kier alpha value is -4.21. The molecule has 8 atom stereocenters. The molecule has 0 bridgehead atoms. The first kappa shape index (κ1) is 43.4. The van der Waals surface area contributed by atoms with Gasteiger partial charge in [0.15, 0.2) is 11.9 Å². The van der Waals surface area contributed by atoms with Crippen molar-refractivity contribution >= 4 is 44.4 Å². The zero-order chi connectivity index (χ0) is 42.4. The first-order valence-electron chi connectivity index (χ1n) is 20.2. The average Bonchev–Trinajstić information content (AvgIpc) is 4.01. The minimum Gasteiger partial charge on any atom is -0.491 e. The second-order valence-electron chi connectivity index (χ2n) is 17.4. The van der Waals surface area contributed by atoms with Gasteiger partial charge in [-0.2, -0.15) is 13.2 Å². The molecule has 2 saturated carbocycles.